The summed E-state index contributed by atoms with van der Waals surface area (Å²) in [7, 11) is 3.29. The molecule has 4 aromatic rings. The fourth-order valence-corrected chi connectivity index (χ4v) is 5.06. The number of rotatable bonds is 6. The van der Waals surface area contributed by atoms with Gasteiger partial charge < -0.3 is 19.8 Å². The van der Waals surface area contributed by atoms with Gasteiger partial charge in [-0.2, -0.15) is 0 Å². The molecule has 200 valence electrons. The Kier molecular flexibility index (Phi) is 8.12. The van der Waals surface area contributed by atoms with Crippen LogP contribution < -0.4 is 10.1 Å². The second-order valence-corrected chi connectivity index (χ2v) is 10.5. The monoisotopic (exact) mass is 565 g/mol. The largest absolute Gasteiger partial charge is 0.487 e. The lowest BCUT2D eigenvalue weighted by Gasteiger charge is -2.21. The zero-order chi connectivity index (χ0) is 27.4. The number of thiophene rings is 1. The lowest BCUT2D eigenvalue weighted by Crippen LogP contribution is -2.35. The van der Waals surface area contributed by atoms with Gasteiger partial charge in [0.25, 0.3) is 0 Å². The van der Waals surface area contributed by atoms with Gasteiger partial charge in [-0.1, -0.05) is 35.6 Å². The average Bonchev–Trinajstić information content (AvgIpc) is 3.54. The number of ether oxygens (including phenoxy) is 1. The van der Waals surface area contributed by atoms with Gasteiger partial charge in [0.15, 0.2) is 0 Å². The van der Waals surface area contributed by atoms with Crippen LogP contribution in [0.2, 0.25) is 5.02 Å². The van der Waals surface area contributed by atoms with E-state index in [0.29, 0.717) is 28.7 Å². The number of amides is 1. The molecule has 1 saturated heterocycles. The number of halogens is 2. The summed E-state index contributed by atoms with van der Waals surface area (Å²) in [6.07, 6.45) is 2.82. The molecule has 1 fully saturated rings. The predicted molar refractivity (Wildman–Crippen MR) is 150 cm³/mol. The van der Waals surface area contributed by atoms with E-state index in [-0.39, 0.29) is 18.5 Å². The van der Waals surface area contributed by atoms with Gasteiger partial charge in [0.2, 0.25) is 0 Å². The Morgan fingerprint density at radius 2 is 2.13 bits per heavy atom. The normalized spacial score (nSPS) is 15.0. The van der Waals surface area contributed by atoms with E-state index >= 15 is 0 Å². The molecule has 1 amide bonds. The minimum atomic E-state index is -0.414. The van der Waals surface area contributed by atoms with Crippen LogP contribution >= 0.6 is 22.9 Å². The summed E-state index contributed by atoms with van der Waals surface area (Å²) in [5.41, 5.74) is 1.43. The maximum atomic E-state index is 13.4. The lowest BCUT2D eigenvalue weighted by atomic mass is 10.2. The standard InChI is InChI=1S/C28H25ClFN5O3S/c1-34(2)28(36)38-35-12-4-7-21(35)9-10-22-15-23-26(31-17-32-27(23)39-22)33-20-8-11-25(24(29)14-20)37-16-18-5-3-6-19(30)13-18/h3,5-6,8,11,13-15,17,21H,4,7,12,16H2,1-2H3,(H,31,32,33). The summed E-state index contributed by atoms with van der Waals surface area (Å²) < 4.78 is 19.2. The van der Waals surface area contributed by atoms with Gasteiger partial charge in [0.05, 0.1) is 15.3 Å². The van der Waals surface area contributed by atoms with E-state index in [4.69, 9.17) is 21.2 Å². The summed E-state index contributed by atoms with van der Waals surface area (Å²) in [6.45, 7) is 0.855. The van der Waals surface area contributed by atoms with Crippen LogP contribution in [-0.2, 0) is 11.4 Å². The zero-order valence-corrected chi connectivity index (χ0v) is 22.9. The highest BCUT2D eigenvalue weighted by atomic mass is 35.5. The number of hydroxylamine groups is 2. The molecule has 1 aliphatic rings. The van der Waals surface area contributed by atoms with Crippen molar-refractivity contribution < 1.29 is 18.8 Å². The van der Waals surface area contributed by atoms with E-state index in [2.05, 4.69) is 27.1 Å². The minimum absolute atomic E-state index is 0.161. The summed E-state index contributed by atoms with van der Waals surface area (Å²) in [5, 5.41) is 6.18. The molecule has 8 nitrogen and oxygen atoms in total. The van der Waals surface area contributed by atoms with Crippen molar-refractivity contribution in [3.05, 3.63) is 76.1 Å². The van der Waals surface area contributed by atoms with Gasteiger partial charge in [-0.05, 0) is 54.8 Å². The van der Waals surface area contributed by atoms with Crippen LogP contribution in [0.5, 0.6) is 5.75 Å². The fourth-order valence-electron chi connectivity index (χ4n) is 3.97. The van der Waals surface area contributed by atoms with Crippen LogP contribution in [-0.4, -0.2) is 52.7 Å². The average molecular weight is 566 g/mol. The van der Waals surface area contributed by atoms with Gasteiger partial charge >= 0.3 is 6.09 Å². The highest BCUT2D eigenvalue weighted by Gasteiger charge is 2.27. The second kappa shape index (κ2) is 11.9. The first-order valence-electron chi connectivity index (χ1n) is 12.2. The molecule has 2 aromatic carbocycles. The summed E-state index contributed by atoms with van der Waals surface area (Å²) in [5.74, 6) is 7.24. The Bertz CT molecular complexity index is 1570. The summed E-state index contributed by atoms with van der Waals surface area (Å²) in [6, 6.07) is 13.3. The van der Waals surface area contributed by atoms with Crippen molar-refractivity contribution in [2.45, 2.75) is 25.5 Å². The first kappa shape index (κ1) is 26.7. The van der Waals surface area contributed by atoms with Crippen molar-refractivity contribution in [2.24, 2.45) is 0 Å². The number of carbonyl (C=O) groups excluding carboxylic acids is 1. The molecule has 2 aromatic heterocycles. The van der Waals surface area contributed by atoms with Gasteiger partial charge in [0, 0.05) is 26.3 Å². The topological polar surface area (TPSA) is 79.8 Å². The molecule has 3 heterocycles. The third-order valence-corrected chi connectivity index (χ3v) is 7.19. The molecule has 0 spiro atoms. The number of benzene rings is 2. The number of hydrogen-bond acceptors (Lipinski definition) is 8. The van der Waals surface area contributed by atoms with E-state index in [1.165, 1.54) is 34.7 Å². The van der Waals surface area contributed by atoms with Gasteiger partial charge in [-0.25, -0.2) is 19.2 Å². The molecule has 1 N–H and O–H groups in total. The third-order valence-electron chi connectivity index (χ3n) is 5.93. The SMILES string of the molecule is CN(C)C(=O)ON1CCCC1C#Cc1cc2c(Nc3ccc(OCc4cccc(F)c4)c(Cl)c3)ncnc2s1. The molecule has 0 saturated carbocycles. The third kappa shape index (κ3) is 6.57. The summed E-state index contributed by atoms with van der Waals surface area (Å²) >= 11 is 7.92. The van der Waals surface area contributed by atoms with E-state index in [1.807, 2.05) is 12.1 Å². The van der Waals surface area contributed by atoms with Crippen LogP contribution in [0.4, 0.5) is 20.7 Å². The van der Waals surface area contributed by atoms with Crippen molar-refractivity contribution in [3.8, 4) is 17.6 Å². The van der Waals surface area contributed by atoms with Gasteiger partial charge in [0.1, 0.15) is 41.2 Å². The van der Waals surface area contributed by atoms with Crippen molar-refractivity contribution in [1.82, 2.24) is 19.9 Å². The first-order valence-corrected chi connectivity index (χ1v) is 13.4. The number of nitrogens with zero attached hydrogens (tertiary/aromatic N) is 4. The van der Waals surface area contributed by atoms with Gasteiger partial charge in [-0.15, -0.1) is 16.4 Å². The molecule has 39 heavy (non-hydrogen) atoms. The molecule has 0 aliphatic carbocycles. The zero-order valence-electron chi connectivity index (χ0n) is 21.3. The number of carbonyl (C=O) groups is 1. The van der Waals surface area contributed by atoms with E-state index < -0.39 is 6.09 Å². The maximum absolute atomic E-state index is 13.4. The number of anilines is 2. The van der Waals surface area contributed by atoms with Crippen LogP contribution in [0.1, 0.15) is 23.3 Å². The molecule has 11 heteroatoms. The molecule has 0 bridgehead atoms. The summed E-state index contributed by atoms with van der Waals surface area (Å²) in [4.78, 5) is 29.2. The lowest BCUT2D eigenvalue weighted by molar-refractivity contribution is -0.106. The van der Waals surface area contributed by atoms with Crippen LogP contribution in [0, 0.1) is 17.7 Å². The number of hydrogen-bond donors (Lipinski definition) is 1. The Morgan fingerprint density at radius 3 is 2.92 bits per heavy atom. The quantitative estimate of drug-likeness (QED) is 0.277. The fraction of sp³-hybridized carbons (Fsp3) is 0.250. The highest BCUT2D eigenvalue weighted by Crippen LogP contribution is 2.33. The van der Waals surface area contributed by atoms with Gasteiger partial charge in [-0.3, -0.25) is 0 Å². The molecule has 1 atom stereocenters. The van der Waals surface area contributed by atoms with Crippen molar-refractivity contribution in [1.29, 1.82) is 0 Å². The Morgan fingerprint density at radius 1 is 1.26 bits per heavy atom. The van der Waals surface area contributed by atoms with Crippen LogP contribution in [0.25, 0.3) is 10.2 Å². The molecular weight excluding hydrogens is 541 g/mol. The molecule has 1 aliphatic heterocycles. The molecule has 1 unspecified atom stereocenters. The van der Waals surface area contributed by atoms with E-state index in [1.54, 1.807) is 43.4 Å². The van der Waals surface area contributed by atoms with Crippen LogP contribution in [0.15, 0.2) is 54.9 Å². The number of nitrogens with one attached hydrogen (secondary N) is 1. The van der Waals surface area contributed by atoms with Crippen molar-refractivity contribution in [3.63, 3.8) is 0 Å². The second-order valence-electron chi connectivity index (χ2n) is 9.06. The Hall–Kier alpha value is -3.91. The van der Waals surface area contributed by atoms with E-state index in [9.17, 15) is 9.18 Å². The Balaban J connectivity index is 1.28. The van der Waals surface area contributed by atoms with Crippen molar-refractivity contribution in [2.75, 3.05) is 26.0 Å². The first-order chi connectivity index (χ1) is 18.9. The highest BCUT2D eigenvalue weighted by molar-refractivity contribution is 7.19. The molecular formula is C28H25ClFN5O3S. The minimum Gasteiger partial charge on any atom is -0.487 e. The predicted octanol–water partition coefficient (Wildman–Crippen LogP) is 6.24. The number of aromatic nitrogens is 2. The molecule has 0 radical (unpaired) electrons. The van der Waals surface area contributed by atoms with E-state index in [0.717, 1.165) is 33.6 Å². The number of fused-ring (bicyclic) bond motifs is 1. The maximum Gasteiger partial charge on any atom is 0.428 e. The van der Waals surface area contributed by atoms with Crippen molar-refractivity contribution >= 4 is 50.8 Å². The molecule has 5 rings (SSSR count). The Labute approximate surface area is 234 Å². The smallest absolute Gasteiger partial charge is 0.428 e. The van der Waals surface area contributed by atoms with Crippen LogP contribution in [0.3, 0.4) is 0 Å².